The summed E-state index contributed by atoms with van der Waals surface area (Å²) in [5.74, 6) is -1.14. The van der Waals surface area contributed by atoms with Crippen LogP contribution in [0.1, 0.15) is 25.0 Å². The molecule has 0 bridgehead atoms. The molecule has 0 saturated heterocycles. The maximum Gasteiger partial charge on any atom is 0.329 e. The summed E-state index contributed by atoms with van der Waals surface area (Å²) in [6.07, 6.45) is 4.55. The Morgan fingerprint density at radius 1 is 1.41 bits per heavy atom. The van der Waals surface area contributed by atoms with Gasteiger partial charge in [0.15, 0.2) is 5.78 Å². The van der Waals surface area contributed by atoms with Crippen LogP contribution >= 0.6 is 0 Å². The van der Waals surface area contributed by atoms with Gasteiger partial charge in [-0.3, -0.25) is 9.78 Å². The van der Waals surface area contributed by atoms with Gasteiger partial charge in [-0.2, -0.15) is 0 Å². The highest BCUT2D eigenvalue weighted by molar-refractivity contribution is 6.21. The molecule has 1 saturated carbocycles. The van der Waals surface area contributed by atoms with Crippen molar-refractivity contribution in [1.82, 2.24) is 4.98 Å². The molecule has 2 heterocycles. The van der Waals surface area contributed by atoms with Crippen molar-refractivity contribution in [1.29, 1.82) is 0 Å². The Kier molecular flexibility index (Phi) is 4.20. The fourth-order valence-corrected chi connectivity index (χ4v) is 3.01. The molecule has 3 atom stereocenters. The van der Waals surface area contributed by atoms with Crippen molar-refractivity contribution in [2.45, 2.75) is 31.5 Å². The van der Waals surface area contributed by atoms with Crippen molar-refractivity contribution in [3.05, 3.63) is 36.4 Å². The molecule has 2 aliphatic rings. The summed E-state index contributed by atoms with van der Waals surface area (Å²) >= 11 is 0. The van der Waals surface area contributed by atoms with Crippen molar-refractivity contribution in [2.75, 3.05) is 6.61 Å². The molecule has 1 aromatic rings. The van der Waals surface area contributed by atoms with Gasteiger partial charge in [-0.25, -0.2) is 4.79 Å². The summed E-state index contributed by atoms with van der Waals surface area (Å²) < 4.78 is 11.0. The number of aliphatic carboxylic acids is 1. The lowest BCUT2D eigenvalue weighted by molar-refractivity contribution is -0.148. The number of hydrogen-bond donors (Lipinski definition) is 1. The molecule has 1 aliphatic heterocycles. The molecule has 3 rings (SSSR count). The number of allylic oxidation sites excluding steroid dienone is 1. The van der Waals surface area contributed by atoms with Crippen molar-refractivity contribution < 1.29 is 24.2 Å². The van der Waals surface area contributed by atoms with Crippen LogP contribution in [0.3, 0.4) is 0 Å². The van der Waals surface area contributed by atoms with Gasteiger partial charge in [0, 0.05) is 12.6 Å². The number of fused-ring (bicyclic) bond motifs is 1. The van der Waals surface area contributed by atoms with E-state index in [-0.39, 0.29) is 30.5 Å². The van der Waals surface area contributed by atoms with Gasteiger partial charge >= 0.3 is 5.97 Å². The first-order chi connectivity index (χ1) is 10.6. The normalized spacial score (nSPS) is 27.5. The van der Waals surface area contributed by atoms with Crippen LogP contribution in [0, 0.1) is 5.92 Å². The number of carbonyl (C=O) groups excluding carboxylic acids is 1. The number of carbonyl (C=O) groups is 2. The molecule has 1 aromatic heterocycles. The van der Waals surface area contributed by atoms with Crippen molar-refractivity contribution in [2.24, 2.45) is 5.92 Å². The Labute approximate surface area is 127 Å². The minimum atomic E-state index is -0.986. The molecule has 0 amide bonds. The summed E-state index contributed by atoms with van der Waals surface area (Å²) in [4.78, 5) is 27.4. The predicted molar refractivity (Wildman–Crippen MR) is 76.8 cm³/mol. The van der Waals surface area contributed by atoms with Crippen molar-refractivity contribution in [3.8, 4) is 0 Å². The highest BCUT2D eigenvalue weighted by Gasteiger charge is 2.41. The number of carboxylic acids is 1. The molecule has 1 aliphatic carbocycles. The topological polar surface area (TPSA) is 85.7 Å². The summed E-state index contributed by atoms with van der Waals surface area (Å²) in [7, 11) is 0. The maximum atomic E-state index is 12.6. The first-order valence-corrected chi connectivity index (χ1v) is 7.30. The number of carboxylic acid groups (broad SMARTS) is 1. The molecular weight excluding hydrogens is 286 g/mol. The van der Waals surface area contributed by atoms with E-state index in [1.807, 2.05) is 6.07 Å². The highest BCUT2D eigenvalue weighted by Crippen LogP contribution is 2.36. The zero-order chi connectivity index (χ0) is 15.5. The average Bonchev–Trinajstić information content (AvgIpc) is 2.54. The molecule has 22 heavy (non-hydrogen) atoms. The van der Waals surface area contributed by atoms with Crippen LogP contribution in [-0.2, 0) is 19.1 Å². The highest BCUT2D eigenvalue weighted by atomic mass is 16.5. The smallest absolute Gasteiger partial charge is 0.329 e. The number of pyridine rings is 1. The average molecular weight is 303 g/mol. The fourth-order valence-electron chi connectivity index (χ4n) is 3.01. The second-order valence-corrected chi connectivity index (χ2v) is 5.53. The molecule has 0 aromatic carbocycles. The van der Waals surface area contributed by atoms with Crippen molar-refractivity contribution in [3.63, 3.8) is 0 Å². The van der Waals surface area contributed by atoms with Gasteiger partial charge in [0.05, 0.1) is 29.6 Å². The van der Waals surface area contributed by atoms with E-state index in [2.05, 4.69) is 4.98 Å². The third-order valence-corrected chi connectivity index (χ3v) is 4.09. The Balaban J connectivity index is 1.69. The number of rotatable bonds is 4. The van der Waals surface area contributed by atoms with E-state index in [0.29, 0.717) is 30.5 Å². The molecule has 6 nitrogen and oxygen atoms in total. The molecule has 1 fully saturated rings. The van der Waals surface area contributed by atoms with Crippen LogP contribution < -0.4 is 0 Å². The Morgan fingerprint density at radius 2 is 2.27 bits per heavy atom. The van der Waals surface area contributed by atoms with Gasteiger partial charge in [0.2, 0.25) is 0 Å². The first-order valence-electron chi connectivity index (χ1n) is 7.30. The fraction of sp³-hybridized carbons (Fsp3) is 0.438. The lowest BCUT2D eigenvalue weighted by Gasteiger charge is -2.37. The number of ether oxygens (including phenoxy) is 2. The number of hydrogen-bond acceptors (Lipinski definition) is 5. The van der Waals surface area contributed by atoms with Gasteiger partial charge in [0.25, 0.3) is 0 Å². The van der Waals surface area contributed by atoms with Gasteiger partial charge < -0.3 is 14.6 Å². The Hall–Kier alpha value is -2.21. The van der Waals surface area contributed by atoms with E-state index >= 15 is 0 Å². The second kappa shape index (κ2) is 6.27. The zero-order valence-electron chi connectivity index (χ0n) is 12.0. The summed E-state index contributed by atoms with van der Waals surface area (Å²) in [6, 6.07) is 5.42. The minimum Gasteiger partial charge on any atom is -0.496 e. The number of nitrogens with zero attached hydrogens (tertiary/aromatic N) is 1. The summed E-state index contributed by atoms with van der Waals surface area (Å²) in [6.45, 7) is -0.314. The minimum absolute atomic E-state index is 0.0478. The van der Waals surface area contributed by atoms with Gasteiger partial charge in [-0.05, 0) is 25.0 Å². The van der Waals surface area contributed by atoms with E-state index in [1.165, 1.54) is 6.26 Å². The summed E-state index contributed by atoms with van der Waals surface area (Å²) in [5, 5.41) is 8.65. The number of ketones is 1. The van der Waals surface area contributed by atoms with E-state index in [1.54, 1.807) is 18.3 Å². The van der Waals surface area contributed by atoms with Crippen LogP contribution in [0.25, 0.3) is 5.57 Å². The number of Topliss-reactive ketones (excluding diaryl/α,β-unsaturated/α-hetero) is 1. The molecule has 0 spiro atoms. The van der Waals surface area contributed by atoms with Crippen LogP contribution in [0.2, 0.25) is 0 Å². The van der Waals surface area contributed by atoms with Gasteiger partial charge in [-0.1, -0.05) is 6.07 Å². The largest absolute Gasteiger partial charge is 0.496 e. The van der Waals surface area contributed by atoms with Crippen molar-refractivity contribution >= 4 is 17.3 Å². The standard InChI is InChI=1S/C16H17NO5/c18-15(19)9-21-10-4-5-11-14(7-10)22-8-12(16(11)20)13-3-1-2-6-17-13/h1-3,6,8,10-11,14H,4-5,7,9H2,(H,18,19). The quantitative estimate of drug-likeness (QED) is 0.910. The van der Waals surface area contributed by atoms with Crippen LogP contribution in [0.4, 0.5) is 0 Å². The zero-order valence-corrected chi connectivity index (χ0v) is 12.0. The number of aromatic nitrogens is 1. The third-order valence-electron chi connectivity index (χ3n) is 4.09. The Morgan fingerprint density at radius 3 is 3.00 bits per heavy atom. The predicted octanol–water partition coefficient (Wildman–Crippen LogP) is 1.66. The van der Waals surface area contributed by atoms with E-state index < -0.39 is 5.97 Å². The monoisotopic (exact) mass is 303 g/mol. The van der Waals surface area contributed by atoms with E-state index in [0.717, 1.165) is 0 Å². The molecular formula is C16H17NO5. The van der Waals surface area contributed by atoms with Gasteiger partial charge in [0.1, 0.15) is 12.7 Å². The maximum absolute atomic E-state index is 12.6. The Bertz CT molecular complexity index is 598. The molecule has 1 N–H and O–H groups in total. The molecule has 3 unspecified atom stereocenters. The SMILES string of the molecule is O=C(O)COC1CCC2C(=O)C(c3ccccn3)=COC2C1. The molecule has 6 heteroatoms. The lowest BCUT2D eigenvalue weighted by atomic mass is 9.78. The first kappa shape index (κ1) is 14.7. The molecule has 0 radical (unpaired) electrons. The third kappa shape index (κ3) is 3.01. The lowest BCUT2D eigenvalue weighted by Crippen LogP contribution is -2.41. The second-order valence-electron chi connectivity index (χ2n) is 5.53. The van der Waals surface area contributed by atoms with E-state index in [9.17, 15) is 9.59 Å². The van der Waals surface area contributed by atoms with Crippen LogP contribution in [0.5, 0.6) is 0 Å². The molecule has 116 valence electrons. The van der Waals surface area contributed by atoms with Crippen LogP contribution in [0.15, 0.2) is 30.7 Å². The van der Waals surface area contributed by atoms with E-state index in [4.69, 9.17) is 14.6 Å². The summed E-state index contributed by atoms with van der Waals surface area (Å²) in [5.41, 5.74) is 1.13. The van der Waals surface area contributed by atoms with Crippen LogP contribution in [-0.4, -0.2) is 40.7 Å². The van der Waals surface area contributed by atoms with Gasteiger partial charge in [-0.15, -0.1) is 0 Å².